The van der Waals surface area contributed by atoms with E-state index in [-0.39, 0.29) is 5.91 Å². The third kappa shape index (κ3) is 4.67. The molecule has 0 aromatic heterocycles. The maximum absolute atomic E-state index is 12.4. The lowest BCUT2D eigenvalue weighted by Gasteiger charge is -2.22. The summed E-state index contributed by atoms with van der Waals surface area (Å²) in [6.45, 7) is 8.36. The van der Waals surface area contributed by atoms with Crippen LogP contribution in [0.15, 0.2) is 24.3 Å². The van der Waals surface area contributed by atoms with Gasteiger partial charge in [0.05, 0.1) is 0 Å². The van der Waals surface area contributed by atoms with Gasteiger partial charge >= 0.3 is 0 Å². The van der Waals surface area contributed by atoms with Gasteiger partial charge in [-0.1, -0.05) is 39.3 Å². The van der Waals surface area contributed by atoms with Crippen molar-refractivity contribution < 1.29 is 4.79 Å². The minimum absolute atomic E-state index is 0.0919. The molecule has 1 rings (SSSR count). The number of unbranched alkanes of at least 4 members (excludes halogenated alkanes) is 1. The van der Waals surface area contributed by atoms with Crippen LogP contribution < -0.4 is 5.73 Å². The van der Waals surface area contributed by atoms with Crippen LogP contribution in [0.1, 0.15) is 55.5 Å². The SMILES string of the molecule is CCCCN(CCN)C(=O)c1ccc(C(C)C)cc1. The molecule has 0 spiro atoms. The number of carbonyl (C=O) groups is 1. The van der Waals surface area contributed by atoms with Crippen molar-refractivity contribution in [3.05, 3.63) is 35.4 Å². The van der Waals surface area contributed by atoms with E-state index in [1.54, 1.807) is 0 Å². The van der Waals surface area contributed by atoms with E-state index < -0.39 is 0 Å². The topological polar surface area (TPSA) is 46.3 Å². The fourth-order valence-corrected chi connectivity index (χ4v) is 2.01. The van der Waals surface area contributed by atoms with Gasteiger partial charge in [0.2, 0.25) is 0 Å². The summed E-state index contributed by atoms with van der Waals surface area (Å²) in [6, 6.07) is 7.93. The number of amides is 1. The largest absolute Gasteiger partial charge is 0.337 e. The van der Waals surface area contributed by atoms with Gasteiger partial charge in [0.1, 0.15) is 0 Å². The first-order chi connectivity index (χ1) is 9.10. The number of benzene rings is 1. The second-order valence-electron chi connectivity index (χ2n) is 5.21. The molecule has 0 heterocycles. The summed E-state index contributed by atoms with van der Waals surface area (Å²) in [4.78, 5) is 14.2. The van der Waals surface area contributed by atoms with Crippen molar-refractivity contribution in [2.24, 2.45) is 5.73 Å². The molecule has 0 saturated carbocycles. The van der Waals surface area contributed by atoms with Crippen LogP contribution in [0.2, 0.25) is 0 Å². The third-order valence-electron chi connectivity index (χ3n) is 3.29. The molecule has 106 valence electrons. The summed E-state index contributed by atoms with van der Waals surface area (Å²) >= 11 is 0. The maximum atomic E-state index is 12.4. The Morgan fingerprint density at radius 2 is 1.84 bits per heavy atom. The number of rotatable bonds is 7. The Morgan fingerprint density at radius 1 is 1.21 bits per heavy atom. The summed E-state index contributed by atoms with van der Waals surface area (Å²) in [6.07, 6.45) is 2.11. The molecule has 0 radical (unpaired) electrons. The van der Waals surface area contributed by atoms with E-state index in [1.807, 2.05) is 29.2 Å². The lowest BCUT2D eigenvalue weighted by Crippen LogP contribution is -2.36. The summed E-state index contributed by atoms with van der Waals surface area (Å²) in [7, 11) is 0. The first-order valence-corrected chi connectivity index (χ1v) is 7.19. The molecule has 0 bridgehead atoms. The summed E-state index contributed by atoms with van der Waals surface area (Å²) in [5.74, 6) is 0.582. The van der Waals surface area contributed by atoms with Crippen molar-refractivity contribution in [2.45, 2.75) is 39.5 Å². The lowest BCUT2D eigenvalue weighted by molar-refractivity contribution is 0.0758. The fraction of sp³-hybridized carbons (Fsp3) is 0.562. The highest BCUT2D eigenvalue weighted by Gasteiger charge is 2.14. The van der Waals surface area contributed by atoms with Gasteiger partial charge in [-0.25, -0.2) is 0 Å². The molecule has 3 nitrogen and oxygen atoms in total. The van der Waals surface area contributed by atoms with Crippen LogP contribution >= 0.6 is 0 Å². The molecule has 1 aromatic rings. The summed E-state index contributed by atoms with van der Waals surface area (Å²) < 4.78 is 0. The molecule has 0 atom stereocenters. The average molecular weight is 262 g/mol. The Hall–Kier alpha value is -1.35. The van der Waals surface area contributed by atoms with Gasteiger partial charge in [0, 0.05) is 25.2 Å². The van der Waals surface area contributed by atoms with Gasteiger partial charge in [0.25, 0.3) is 5.91 Å². The predicted molar refractivity (Wildman–Crippen MR) is 80.4 cm³/mol. The second-order valence-corrected chi connectivity index (χ2v) is 5.21. The molecule has 0 aliphatic rings. The van der Waals surface area contributed by atoms with Crippen molar-refractivity contribution in [1.82, 2.24) is 4.90 Å². The predicted octanol–water partition coefficient (Wildman–Crippen LogP) is 3.01. The molecular weight excluding hydrogens is 236 g/mol. The van der Waals surface area contributed by atoms with Gasteiger partial charge in [-0.15, -0.1) is 0 Å². The minimum Gasteiger partial charge on any atom is -0.337 e. The van der Waals surface area contributed by atoms with Gasteiger partial charge in [-0.05, 0) is 30.0 Å². The van der Waals surface area contributed by atoms with Gasteiger partial charge in [-0.2, -0.15) is 0 Å². The highest BCUT2D eigenvalue weighted by Crippen LogP contribution is 2.15. The van der Waals surface area contributed by atoms with E-state index in [0.29, 0.717) is 19.0 Å². The molecule has 0 aliphatic heterocycles. The molecule has 2 N–H and O–H groups in total. The van der Waals surface area contributed by atoms with Gasteiger partial charge < -0.3 is 10.6 Å². The van der Waals surface area contributed by atoms with Crippen LogP contribution in [0.25, 0.3) is 0 Å². The van der Waals surface area contributed by atoms with Crippen LogP contribution in [-0.2, 0) is 0 Å². The number of hydrogen-bond acceptors (Lipinski definition) is 2. The van der Waals surface area contributed by atoms with E-state index in [4.69, 9.17) is 5.73 Å². The van der Waals surface area contributed by atoms with Crippen LogP contribution in [0.3, 0.4) is 0 Å². The number of carbonyl (C=O) groups excluding carboxylic acids is 1. The van der Waals surface area contributed by atoms with Crippen molar-refractivity contribution in [1.29, 1.82) is 0 Å². The number of hydrogen-bond donors (Lipinski definition) is 1. The summed E-state index contributed by atoms with van der Waals surface area (Å²) in [5, 5.41) is 0. The Morgan fingerprint density at radius 3 is 2.32 bits per heavy atom. The van der Waals surface area contributed by atoms with E-state index in [9.17, 15) is 4.79 Å². The third-order valence-corrected chi connectivity index (χ3v) is 3.29. The van der Waals surface area contributed by atoms with Crippen molar-refractivity contribution in [3.63, 3.8) is 0 Å². The maximum Gasteiger partial charge on any atom is 0.253 e. The molecular formula is C16H26N2O. The summed E-state index contributed by atoms with van der Waals surface area (Å²) in [5.41, 5.74) is 7.60. The van der Waals surface area contributed by atoms with E-state index >= 15 is 0 Å². The molecule has 0 saturated heterocycles. The average Bonchev–Trinajstić information content (AvgIpc) is 2.42. The van der Waals surface area contributed by atoms with Crippen molar-refractivity contribution >= 4 is 5.91 Å². The quantitative estimate of drug-likeness (QED) is 0.821. The van der Waals surface area contributed by atoms with Gasteiger partial charge in [0.15, 0.2) is 0 Å². The zero-order chi connectivity index (χ0) is 14.3. The molecule has 1 amide bonds. The van der Waals surface area contributed by atoms with Crippen LogP contribution in [0, 0.1) is 0 Å². The smallest absolute Gasteiger partial charge is 0.253 e. The van der Waals surface area contributed by atoms with E-state index in [0.717, 1.165) is 24.9 Å². The molecule has 1 aromatic carbocycles. The first-order valence-electron chi connectivity index (χ1n) is 7.19. The normalized spacial score (nSPS) is 10.8. The molecule has 19 heavy (non-hydrogen) atoms. The van der Waals surface area contributed by atoms with Crippen molar-refractivity contribution in [2.75, 3.05) is 19.6 Å². The Balaban J connectivity index is 2.77. The second kappa shape index (κ2) is 7.95. The molecule has 3 heteroatoms. The first kappa shape index (κ1) is 15.7. The van der Waals surface area contributed by atoms with E-state index in [1.165, 1.54) is 5.56 Å². The minimum atomic E-state index is 0.0919. The van der Waals surface area contributed by atoms with Crippen LogP contribution in [-0.4, -0.2) is 30.4 Å². The zero-order valence-corrected chi connectivity index (χ0v) is 12.4. The Labute approximate surface area is 116 Å². The van der Waals surface area contributed by atoms with Crippen LogP contribution in [0.5, 0.6) is 0 Å². The molecule has 0 unspecified atom stereocenters. The number of nitrogens with zero attached hydrogens (tertiary/aromatic N) is 1. The highest BCUT2D eigenvalue weighted by molar-refractivity contribution is 5.94. The van der Waals surface area contributed by atoms with E-state index in [2.05, 4.69) is 20.8 Å². The van der Waals surface area contributed by atoms with Gasteiger partial charge in [-0.3, -0.25) is 4.79 Å². The van der Waals surface area contributed by atoms with Crippen LogP contribution in [0.4, 0.5) is 0 Å². The zero-order valence-electron chi connectivity index (χ0n) is 12.4. The monoisotopic (exact) mass is 262 g/mol. The lowest BCUT2D eigenvalue weighted by atomic mass is 10.0. The fourth-order valence-electron chi connectivity index (χ4n) is 2.01. The highest BCUT2D eigenvalue weighted by atomic mass is 16.2. The molecule has 0 aliphatic carbocycles. The standard InChI is InChI=1S/C16H26N2O/c1-4-5-11-18(12-10-17)16(19)15-8-6-14(7-9-15)13(2)3/h6-9,13H,4-5,10-12,17H2,1-3H3. The Bertz CT molecular complexity index is 384. The number of nitrogens with two attached hydrogens (primary N) is 1. The molecule has 0 fully saturated rings. The Kier molecular flexibility index (Phi) is 6.57. The van der Waals surface area contributed by atoms with Crippen molar-refractivity contribution in [3.8, 4) is 0 Å².